The van der Waals surface area contributed by atoms with E-state index >= 15 is 0 Å². The van der Waals surface area contributed by atoms with E-state index < -0.39 is 134 Å². The summed E-state index contributed by atoms with van der Waals surface area (Å²) in [6.45, 7) is 5.61. The van der Waals surface area contributed by atoms with Crippen LogP contribution in [-0.2, 0) is 52.7 Å². The second-order valence-corrected chi connectivity index (χ2v) is 15.2. The molecule has 11 amide bonds. The molecule has 0 aliphatic heterocycles. The van der Waals surface area contributed by atoms with Crippen molar-refractivity contribution in [2.45, 2.75) is 104 Å². The standard InChI is InChI=1S/C38H69N15O11/c1-6-22(4)33(37(64)49-20-31(59)52-26(14-21(2)3)36(63)48-19-30(58)51-24(34(40)61)10-7-8-12-39)53-32(60)18-46-28(56)16-44-27(55)15-45-29(57)17-47-35(62)25(50-23(5)54)11-9-13-43-38(41)42/h21-22,24-26,33H,6-20,39H2,1-5H3,(H2,40,61)(H,44,55)(H,45,57)(H,46,56)(H,47,62)(H,48,63)(H,49,64)(H,50,54)(H,51,58)(H,52,59)(H,53,60)(H4,41,42,43)/t22-,24-,25-,26-,33-/m0/s1. The second-order valence-electron chi connectivity index (χ2n) is 15.2. The zero-order chi connectivity index (χ0) is 48.8. The predicted octanol–water partition coefficient (Wildman–Crippen LogP) is -6.60. The SMILES string of the molecule is CC[C@H](C)[C@H](NC(=O)CNC(=O)CNC(=O)CNC(=O)CNC(=O)[C@H](CCCN=C(N)N)NC(C)=O)C(=O)NCC(=O)N[C@@H](CC(C)C)C(=O)NCC(=O)N[C@@H](CCCCN)C(N)=O. The molecule has 18 N–H and O–H groups in total. The van der Waals surface area contributed by atoms with Crippen LogP contribution in [0, 0.1) is 11.8 Å². The van der Waals surface area contributed by atoms with E-state index in [1.165, 1.54) is 6.92 Å². The molecule has 0 bridgehead atoms. The number of nitrogens with two attached hydrogens (primary N) is 4. The number of carbonyl (C=O) groups is 11. The Balaban J connectivity index is 4.93. The minimum Gasteiger partial charge on any atom is -0.370 e. The van der Waals surface area contributed by atoms with Crippen molar-refractivity contribution in [3.05, 3.63) is 0 Å². The van der Waals surface area contributed by atoms with Gasteiger partial charge in [-0.2, -0.15) is 0 Å². The largest absolute Gasteiger partial charge is 0.370 e. The molecule has 0 rings (SSSR count). The Morgan fingerprint density at radius 1 is 0.516 bits per heavy atom. The van der Waals surface area contributed by atoms with Crippen LogP contribution < -0.4 is 76.1 Å². The molecule has 0 aromatic heterocycles. The summed E-state index contributed by atoms with van der Waals surface area (Å²) in [5, 5.41) is 24.0. The minimum atomic E-state index is -1.13. The molecule has 0 aromatic rings. The number of unbranched alkanes of at least 4 members (excludes halogenated alkanes) is 1. The van der Waals surface area contributed by atoms with Crippen LogP contribution in [0.1, 0.15) is 79.6 Å². The lowest BCUT2D eigenvalue weighted by Gasteiger charge is -2.24. The maximum atomic E-state index is 13.1. The molecule has 0 unspecified atom stereocenters. The molecular formula is C38H69N15O11. The lowest BCUT2D eigenvalue weighted by Crippen LogP contribution is -2.55. The van der Waals surface area contributed by atoms with Gasteiger partial charge >= 0.3 is 0 Å². The molecule has 26 nitrogen and oxygen atoms in total. The minimum absolute atomic E-state index is 0.0674. The van der Waals surface area contributed by atoms with E-state index in [4.69, 9.17) is 22.9 Å². The van der Waals surface area contributed by atoms with Gasteiger partial charge in [-0.3, -0.25) is 57.7 Å². The molecule has 0 heterocycles. The first-order chi connectivity index (χ1) is 30.1. The zero-order valence-electron chi connectivity index (χ0n) is 37.3. The van der Waals surface area contributed by atoms with Crippen LogP contribution in [0.4, 0.5) is 0 Å². The smallest absolute Gasteiger partial charge is 0.243 e. The Morgan fingerprint density at radius 2 is 0.953 bits per heavy atom. The van der Waals surface area contributed by atoms with Crippen molar-refractivity contribution in [2.24, 2.45) is 39.8 Å². The van der Waals surface area contributed by atoms with Crippen molar-refractivity contribution in [1.29, 1.82) is 0 Å². The van der Waals surface area contributed by atoms with Crippen molar-refractivity contribution >= 4 is 70.9 Å². The molecule has 0 aromatic carbocycles. The Kier molecular flexibility index (Phi) is 28.8. The first-order valence-electron chi connectivity index (χ1n) is 20.9. The van der Waals surface area contributed by atoms with Gasteiger partial charge in [-0.15, -0.1) is 0 Å². The van der Waals surface area contributed by atoms with Crippen LogP contribution in [0.15, 0.2) is 4.99 Å². The molecule has 64 heavy (non-hydrogen) atoms. The van der Waals surface area contributed by atoms with Crippen LogP contribution in [0.5, 0.6) is 0 Å². The number of hydrogen-bond donors (Lipinski definition) is 14. The third kappa shape index (κ3) is 27.4. The van der Waals surface area contributed by atoms with Gasteiger partial charge < -0.3 is 76.1 Å². The van der Waals surface area contributed by atoms with E-state index in [1.807, 2.05) is 13.8 Å². The number of guanidine groups is 1. The number of carbonyl (C=O) groups excluding carboxylic acids is 11. The van der Waals surface area contributed by atoms with E-state index in [9.17, 15) is 52.7 Å². The Morgan fingerprint density at radius 3 is 1.42 bits per heavy atom. The molecule has 0 fully saturated rings. The summed E-state index contributed by atoms with van der Waals surface area (Å²) in [5.74, 6) is -8.32. The number of nitrogens with zero attached hydrogens (tertiary/aromatic N) is 1. The van der Waals surface area contributed by atoms with Crippen LogP contribution in [0.3, 0.4) is 0 Å². The summed E-state index contributed by atoms with van der Waals surface area (Å²) in [4.78, 5) is 140. The molecule has 0 radical (unpaired) electrons. The molecule has 5 atom stereocenters. The van der Waals surface area contributed by atoms with Crippen LogP contribution in [0.2, 0.25) is 0 Å². The summed E-state index contributed by atoms with van der Waals surface area (Å²) in [6.07, 6.45) is 2.62. The number of amides is 11. The Hall–Kier alpha value is -6.60. The molecule has 362 valence electrons. The van der Waals surface area contributed by atoms with E-state index in [2.05, 4.69) is 58.2 Å². The number of rotatable bonds is 32. The summed E-state index contributed by atoms with van der Waals surface area (Å²) < 4.78 is 0. The number of primary amides is 1. The first kappa shape index (κ1) is 57.4. The molecule has 26 heteroatoms. The number of nitrogens with one attached hydrogen (secondary N) is 10. The van der Waals surface area contributed by atoms with Crippen molar-refractivity contribution in [2.75, 3.05) is 52.4 Å². The van der Waals surface area contributed by atoms with E-state index in [1.54, 1.807) is 13.8 Å². The maximum absolute atomic E-state index is 13.1. The lowest BCUT2D eigenvalue weighted by atomic mass is 9.98. The summed E-state index contributed by atoms with van der Waals surface area (Å²) >= 11 is 0. The average Bonchev–Trinajstić information content (AvgIpc) is 3.23. The van der Waals surface area contributed by atoms with Crippen LogP contribution in [0.25, 0.3) is 0 Å². The third-order valence-corrected chi connectivity index (χ3v) is 9.04. The predicted molar refractivity (Wildman–Crippen MR) is 232 cm³/mol. The van der Waals surface area contributed by atoms with Gasteiger partial charge in [-0.25, -0.2) is 0 Å². The van der Waals surface area contributed by atoms with E-state index in [-0.39, 0.29) is 37.7 Å². The topological polar surface area (TPSA) is 425 Å². The highest BCUT2D eigenvalue weighted by atomic mass is 16.2. The molecule has 0 aliphatic rings. The highest BCUT2D eigenvalue weighted by Crippen LogP contribution is 2.09. The van der Waals surface area contributed by atoms with Crippen molar-refractivity contribution in [3.8, 4) is 0 Å². The summed E-state index contributed by atoms with van der Waals surface area (Å²) in [5.41, 5.74) is 21.4. The normalized spacial score (nSPS) is 12.9. The van der Waals surface area contributed by atoms with Gasteiger partial charge in [-0.1, -0.05) is 34.1 Å². The van der Waals surface area contributed by atoms with E-state index in [0.717, 1.165) is 0 Å². The Labute approximate surface area is 372 Å². The second kappa shape index (κ2) is 32.1. The summed E-state index contributed by atoms with van der Waals surface area (Å²) in [7, 11) is 0. The van der Waals surface area contributed by atoms with Gasteiger partial charge in [0.05, 0.1) is 39.3 Å². The van der Waals surface area contributed by atoms with Crippen LogP contribution in [-0.4, -0.2) is 147 Å². The third-order valence-electron chi connectivity index (χ3n) is 9.04. The van der Waals surface area contributed by atoms with E-state index in [0.29, 0.717) is 32.2 Å². The molecular weight excluding hydrogens is 843 g/mol. The maximum Gasteiger partial charge on any atom is 0.243 e. The fraction of sp³-hybridized carbons (Fsp3) is 0.684. The van der Waals surface area contributed by atoms with Crippen molar-refractivity contribution in [1.82, 2.24) is 53.2 Å². The van der Waals surface area contributed by atoms with Crippen molar-refractivity contribution in [3.63, 3.8) is 0 Å². The van der Waals surface area contributed by atoms with Gasteiger partial charge in [0.15, 0.2) is 5.96 Å². The number of hydrogen-bond acceptors (Lipinski definition) is 13. The fourth-order valence-corrected chi connectivity index (χ4v) is 5.50. The van der Waals surface area contributed by atoms with Gasteiger partial charge in [-0.05, 0) is 56.9 Å². The monoisotopic (exact) mass is 912 g/mol. The van der Waals surface area contributed by atoms with Gasteiger partial charge in [0.25, 0.3) is 0 Å². The van der Waals surface area contributed by atoms with Crippen molar-refractivity contribution < 1.29 is 52.7 Å². The van der Waals surface area contributed by atoms with Gasteiger partial charge in [0.2, 0.25) is 65.0 Å². The van der Waals surface area contributed by atoms with Gasteiger partial charge in [0, 0.05) is 13.5 Å². The Bertz CT molecular complexity index is 1640. The number of aliphatic imine (C=N–C) groups is 1. The molecule has 0 aliphatic carbocycles. The zero-order valence-corrected chi connectivity index (χ0v) is 37.3. The first-order valence-corrected chi connectivity index (χ1v) is 20.9. The lowest BCUT2D eigenvalue weighted by molar-refractivity contribution is -0.133. The summed E-state index contributed by atoms with van der Waals surface area (Å²) in [6, 6.07) is -4.12. The quantitative estimate of drug-likeness (QED) is 0.0170. The molecule has 0 saturated heterocycles. The highest BCUT2D eigenvalue weighted by Gasteiger charge is 2.28. The fourth-order valence-electron chi connectivity index (χ4n) is 5.50. The highest BCUT2D eigenvalue weighted by molar-refractivity contribution is 5.96. The molecule has 0 spiro atoms. The average molecular weight is 912 g/mol. The van der Waals surface area contributed by atoms with Gasteiger partial charge in [0.1, 0.15) is 24.2 Å². The van der Waals surface area contributed by atoms with Crippen LogP contribution >= 0.6 is 0 Å². The molecule has 0 saturated carbocycles.